The molecular weight excluding hydrogens is 254 g/mol. The number of esters is 1. The first kappa shape index (κ1) is 12.9. The molecule has 1 amide bonds. The van der Waals surface area contributed by atoms with Crippen molar-refractivity contribution in [2.75, 3.05) is 12.4 Å². The van der Waals surface area contributed by atoms with E-state index < -0.39 is 0 Å². The van der Waals surface area contributed by atoms with E-state index in [1.807, 2.05) is 36.4 Å². The van der Waals surface area contributed by atoms with Gasteiger partial charge in [-0.25, -0.2) is 0 Å². The highest BCUT2D eigenvalue weighted by Gasteiger charge is 2.52. The fraction of sp³-hybridized carbons (Fsp3) is 0.375. The summed E-state index contributed by atoms with van der Waals surface area (Å²) in [5.74, 6) is -0.762. The molecule has 0 unspecified atom stereocenters. The van der Waals surface area contributed by atoms with Gasteiger partial charge in [-0.2, -0.15) is 0 Å². The van der Waals surface area contributed by atoms with E-state index in [0.29, 0.717) is 0 Å². The molecule has 1 fully saturated rings. The van der Waals surface area contributed by atoms with Crippen molar-refractivity contribution in [3.8, 4) is 0 Å². The van der Waals surface area contributed by atoms with E-state index in [-0.39, 0.29) is 35.5 Å². The van der Waals surface area contributed by atoms with Gasteiger partial charge >= 0.3 is 5.97 Å². The van der Waals surface area contributed by atoms with Crippen molar-refractivity contribution in [1.82, 2.24) is 0 Å². The molecule has 0 spiro atoms. The fourth-order valence-corrected chi connectivity index (χ4v) is 3.38. The number of ether oxygens (including phenoxy) is 1. The first-order valence-electron chi connectivity index (χ1n) is 6.83. The highest BCUT2D eigenvalue weighted by molar-refractivity contribution is 5.96. The second-order valence-electron chi connectivity index (χ2n) is 5.38. The Kier molecular flexibility index (Phi) is 3.30. The van der Waals surface area contributed by atoms with E-state index >= 15 is 0 Å². The Labute approximate surface area is 117 Å². The van der Waals surface area contributed by atoms with Crippen LogP contribution in [0.2, 0.25) is 0 Å². The summed E-state index contributed by atoms with van der Waals surface area (Å²) in [6.07, 6.45) is 4.96. The molecule has 2 aliphatic carbocycles. The highest BCUT2D eigenvalue weighted by atomic mass is 16.5. The number of hydrogen-bond donors (Lipinski definition) is 1. The van der Waals surface area contributed by atoms with Gasteiger partial charge in [-0.3, -0.25) is 9.59 Å². The number of anilines is 1. The topological polar surface area (TPSA) is 55.4 Å². The van der Waals surface area contributed by atoms with E-state index in [1.54, 1.807) is 0 Å². The van der Waals surface area contributed by atoms with Gasteiger partial charge < -0.3 is 10.1 Å². The lowest BCUT2D eigenvalue weighted by Gasteiger charge is -2.25. The molecule has 1 aromatic rings. The molecule has 0 radical (unpaired) electrons. The standard InChI is InChI=1S/C16H17NO3/c1-20-16(19)14-11-8-7-10(9-11)13(14)15(18)17-12-5-3-2-4-6-12/h2-8,10-11,13-14H,9H2,1H3,(H,17,18)/t10-,11+,13-,14-/m0/s1. The Hall–Kier alpha value is -2.10. The first-order chi connectivity index (χ1) is 9.70. The average Bonchev–Trinajstić information content (AvgIpc) is 3.08. The van der Waals surface area contributed by atoms with Crippen LogP contribution in [0, 0.1) is 23.7 Å². The largest absolute Gasteiger partial charge is 0.469 e. The zero-order chi connectivity index (χ0) is 14.1. The summed E-state index contributed by atoms with van der Waals surface area (Å²) in [6, 6.07) is 9.32. The van der Waals surface area contributed by atoms with Crippen molar-refractivity contribution in [3.05, 3.63) is 42.5 Å². The lowest BCUT2D eigenvalue weighted by atomic mass is 9.82. The minimum atomic E-state index is -0.348. The summed E-state index contributed by atoms with van der Waals surface area (Å²) in [7, 11) is 1.38. The van der Waals surface area contributed by atoms with E-state index in [2.05, 4.69) is 11.4 Å². The molecule has 1 N–H and O–H groups in total. The summed E-state index contributed by atoms with van der Waals surface area (Å²) >= 11 is 0. The molecule has 0 aliphatic heterocycles. The molecule has 0 saturated heterocycles. The molecule has 4 atom stereocenters. The lowest BCUT2D eigenvalue weighted by molar-refractivity contribution is -0.150. The fourth-order valence-electron chi connectivity index (χ4n) is 3.38. The minimum absolute atomic E-state index is 0.0940. The number of allylic oxidation sites excluding steroid dienone is 2. The van der Waals surface area contributed by atoms with Crippen molar-refractivity contribution >= 4 is 17.6 Å². The zero-order valence-electron chi connectivity index (χ0n) is 11.3. The minimum Gasteiger partial charge on any atom is -0.469 e. The van der Waals surface area contributed by atoms with Crippen molar-refractivity contribution in [2.24, 2.45) is 23.7 Å². The molecular formula is C16H17NO3. The highest BCUT2D eigenvalue weighted by Crippen LogP contribution is 2.48. The number of hydrogen-bond acceptors (Lipinski definition) is 3. The second kappa shape index (κ2) is 5.12. The summed E-state index contributed by atoms with van der Waals surface area (Å²) in [4.78, 5) is 24.4. The lowest BCUT2D eigenvalue weighted by Crippen LogP contribution is -2.37. The Morgan fingerprint density at radius 3 is 2.40 bits per heavy atom. The van der Waals surface area contributed by atoms with Gasteiger partial charge in [0.1, 0.15) is 0 Å². The predicted octanol–water partition coefficient (Wildman–Crippen LogP) is 2.24. The van der Waals surface area contributed by atoms with Gasteiger partial charge in [0.2, 0.25) is 5.91 Å². The van der Waals surface area contributed by atoms with Crippen LogP contribution in [0.3, 0.4) is 0 Å². The van der Waals surface area contributed by atoms with Gasteiger partial charge in [-0.1, -0.05) is 30.4 Å². The number of carbonyl (C=O) groups is 2. The molecule has 4 heteroatoms. The Bertz CT molecular complexity index is 552. The van der Waals surface area contributed by atoms with Crippen molar-refractivity contribution < 1.29 is 14.3 Å². The molecule has 0 heterocycles. The Morgan fingerprint density at radius 1 is 1.10 bits per heavy atom. The van der Waals surface area contributed by atoms with Gasteiger partial charge in [0.25, 0.3) is 0 Å². The number of benzene rings is 1. The van der Waals surface area contributed by atoms with Crippen LogP contribution >= 0.6 is 0 Å². The molecule has 4 nitrogen and oxygen atoms in total. The van der Waals surface area contributed by atoms with E-state index in [4.69, 9.17) is 4.74 Å². The summed E-state index contributed by atoms with van der Waals surface area (Å²) in [6.45, 7) is 0. The van der Waals surface area contributed by atoms with Crippen LogP contribution in [-0.2, 0) is 14.3 Å². The maximum atomic E-state index is 12.5. The van der Waals surface area contributed by atoms with Crippen LogP contribution in [-0.4, -0.2) is 19.0 Å². The van der Waals surface area contributed by atoms with Crippen molar-refractivity contribution in [2.45, 2.75) is 6.42 Å². The number of para-hydroxylation sites is 1. The van der Waals surface area contributed by atoms with Crippen LogP contribution in [0.1, 0.15) is 6.42 Å². The van der Waals surface area contributed by atoms with Crippen LogP contribution in [0.25, 0.3) is 0 Å². The summed E-state index contributed by atoms with van der Waals surface area (Å²) in [5.41, 5.74) is 0.757. The monoisotopic (exact) mass is 271 g/mol. The van der Waals surface area contributed by atoms with Gasteiger partial charge in [-0.05, 0) is 30.4 Å². The number of rotatable bonds is 3. The van der Waals surface area contributed by atoms with Gasteiger partial charge in [0, 0.05) is 5.69 Å². The second-order valence-corrected chi connectivity index (χ2v) is 5.38. The van der Waals surface area contributed by atoms with Gasteiger partial charge in [0.05, 0.1) is 18.9 Å². The quantitative estimate of drug-likeness (QED) is 0.677. The Balaban J connectivity index is 1.79. The number of nitrogens with one attached hydrogen (secondary N) is 1. The number of amides is 1. The average molecular weight is 271 g/mol. The molecule has 2 aliphatic rings. The Morgan fingerprint density at radius 2 is 1.75 bits per heavy atom. The van der Waals surface area contributed by atoms with Crippen LogP contribution in [0.4, 0.5) is 5.69 Å². The zero-order valence-corrected chi connectivity index (χ0v) is 11.3. The molecule has 20 heavy (non-hydrogen) atoms. The first-order valence-corrected chi connectivity index (χ1v) is 6.83. The number of methoxy groups -OCH3 is 1. The third-order valence-corrected chi connectivity index (χ3v) is 4.28. The maximum Gasteiger partial charge on any atom is 0.310 e. The van der Waals surface area contributed by atoms with Crippen LogP contribution in [0.5, 0.6) is 0 Å². The van der Waals surface area contributed by atoms with Crippen molar-refractivity contribution in [1.29, 1.82) is 0 Å². The van der Waals surface area contributed by atoms with Crippen LogP contribution in [0.15, 0.2) is 42.5 Å². The summed E-state index contributed by atoms with van der Waals surface area (Å²) in [5, 5.41) is 2.90. The molecule has 0 aromatic heterocycles. The molecule has 1 aromatic carbocycles. The third-order valence-electron chi connectivity index (χ3n) is 4.28. The van der Waals surface area contributed by atoms with E-state index in [1.165, 1.54) is 7.11 Å². The smallest absolute Gasteiger partial charge is 0.310 e. The molecule has 1 saturated carbocycles. The number of fused-ring (bicyclic) bond motifs is 2. The molecule has 3 rings (SSSR count). The number of carbonyl (C=O) groups excluding carboxylic acids is 2. The van der Waals surface area contributed by atoms with E-state index in [9.17, 15) is 9.59 Å². The van der Waals surface area contributed by atoms with Crippen molar-refractivity contribution in [3.63, 3.8) is 0 Å². The molecule has 2 bridgehead atoms. The van der Waals surface area contributed by atoms with Gasteiger partial charge in [0.15, 0.2) is 0 Å². The SMILES string of the molecule is COC(=O)[C@@H]1[C@@H](C(=O)Nc2ccccc2)[C@H]2C=C[C@@H]1C2. The molecule has 104 valence electrons. The maximum absolute atomic E-state index is 12.5. The van der Waals surface area contributed by atoms with E-state index in [0.717, 1.165) is 12.1 Å². The third kappa shape index (κ3) is 2.11. The predicted molar refractivity (Wildman–Crippen MR) is 74.8 cm³/mol. The van der Waals surface area contributed by atoms with Gasteiger partial charge in [-0.15, -0.1) is 0 Å². The normalized spacial score (nSPS) is 30.2. The summed E-state index contributed by atoms with van der Waals surface area (Å²) < 4.78 is 4.86. The van der Waals surface area contributed by atoms with Crippen LogP contribution < -0.4 is 5.32 Å².